The van der Waals surface area contributed by atoms with Crippen molar-refractivity contribution in [2.45, 2.75) is 44.8 Å². The van der Waals surface area contributed by atoms with Crippen LogP contribution in [-0.2, 0) is 9.53 Å². The van der Waals surface area contributed by atoms with Crippen molar-refractivity contribution in [1.82, 2.24) is 19.7 Å². The van der Waals surface area contributed by atoms with Crippen LogP contribution in [0.5, 0.6) is 0 Å². The van der Waals surface area contributed by atoms with E-state index in [4.69, 9.17) is 14.9 Å². The smallest absolute Gasteiger partial charge is 0.302 e. The molecule has 3 atom stereocenters. The maximum atomic E-state index is 11.4. The van der Waals surface area contributed by atoms with Gasteiger partial charge in [0.25, 0.3) is 0 Å². The highest BCUT2D eigenvalue weighted by molar-refractivity contribution is 14.1. The Morgan fingerprint density at radius 2 is 2.10 bits per heavy atom. The molecule has 7 nitrogen and oxygen atoms in total. The normalized spacial score (nSPS) is 19.7. The molecule has 1 aromatic carbocycles. The van der Waals surface area contributed by atoms with Gasteiger partial charge >= 0.3 is 5.97 Å². The fourth-order valence-electron chi connectivity index (χ4n) is 3.70. The van der Waals surface area contributed by atoms with Crippen LogP contribution in [0.3, 0.4) is 0 Å². The van der Waals surface area contributed by atoms with Crippen molar-refractivity contribution >= 4 is 64.7 Å². The van der Waals surface area contributed by atoms with E-state index >= 15 is 0 Å². The second kappa shape index (κ2) is 8.75. The minimum absolute atomic E-state index is 0.0695. The highest BCUT2D eigenvalue weighted by atomic mass is 127. The summed E-state index contributed by atoms with van der Waals surface area (Å²) in [5.74, 6) is 0.395. The third kappa shape index (κ3) is 4.43. The largest absolute Gasteiger partial charge is 0.462 e. The van der Waals surface area contributed by atoms with E-state index in [0.717, 1.165) is 45.7 Å². The molecular weight excluding hydrogens is 500 g/mol. The lowest BCUT2D eigenvalue weighted by atomic mass is 9.93. The molecule has 29 heavy (non-hydrogen) atoms. The first-order valence-corrected chi connectivity index (χ1v) is 12.0. The highest BCUT2D eigenvalue weighted by Crippen LogP contribution is 2.42. The summed E-state index contributed by atoms with van der Waals surface area (Å²) in [5, 5.41) is 11.5. The van der Waals surface area contributed by atoms with Gasteiger partial charge in [-0.2, -0.15) is 5.10 Å². The van der Waals surface area contributed by atoms with Crippen molar-refractivity contribution in [1.29, 1.82) is 0 Å². The third-order valence-corrected chi connectivity index (χ3v) is 7.05. The van der Waals surface area contributed by atoms with E-state index in [1.807, 2.05) is 35.0 Å². The second-order valence-corrected chi connectivity index (χ2v) is 9.56. The van der Waals surface area contributed by atoms with Gasteiger partial charge in [-0.1, -0.05) is 18.2 Å². The number of fused-ring (bicyclic) bond motifs is 1. The number of carbonyl (C=O) groups excluding carboxylic acids is 1. The lowest BCUT2D eigenvalue weighted by Gasteiger charge is -2.29. The van der Waals surface area contributed by atoms with Crippen molar-refractivity contribution < 1.29 is 9.53 Å². The maximum Gasteiger partial charge on any atom is 0.302 e. The minimum atomic E-state index is -0.973. The molecule has 0 aliphatic heterocycles. The fourth-order valence-corrected chi connectivity index (χ4v) is 5.43. The van der Waals surface area contributed by atoms with Crippen LogP contribution in [0.25, 0.3) is 16.1 Å². The lowest BCUT2D eigenvalue weighted by Crippen LogP contribution is -2.27. The molecule has 150 valence electrons. The molecule has 0 bridgehead atoms. The molecule has 2 aromatic heterocycles. The topological polar surface area (TPSA) is 84.0 Å². The van der Waals surface area contributed by atoms with Crippen molar-refractivity contribution in [3.05, 3.63) is 45.4 Å². The summed E-state index contributed by atoms with van der Waals surface area (Å²) in [6.07, 6.45) is 9.31. The van der Waals surface area contributed by atoms with Crippen molar-refractivity contribution in [3.63, 3.8) is 0 Å². The summed E-state index contributed by atoms with van der Waals surface area (Å²) < 4.78 is 8.23. The number of carbonyl (C=O) groups is 1. The summed E-state index contributed by atoms with van der Waals surface area (Å²) in [7, 11) is -0.973. The molecule has 1 aliphatic rings. The molecule has 3 aromatic rings. The van der Waals surface area contributed by atoms with Gasteiger partial charge in [0.2, 0.25) is 0 Å². The molecule has 0 N–H and O–H groups in total. The van der Waals surface area contributed by atoms with E-state index in [1.54, 1.807) is 0 Å². The van der Waals surface area contributed by atoms with E-state index in [2.05, 4.69) is 38.9 Å². The zero-order valence-electron chi connectivity index (χ0n) is 16.0. The Hall–Kier alpha value is -2.06. The molecule has 1 aliphatic carbocycles. The summed E-state index contributed by atoms with van der Waals surface area (Å²) in [6.45, 7) is 1.46. The van der Waals surface area contributed by atoms with Crippen molar-refractivity contribution in [2.24, 2.45) is 0 Å². The molecule has 0 amide bonds. The van der Waals surface area contributed by atoms with Crippen LogP contribution in [0, 0.1) is 3.70 Å². The van der Waals surface area contributed by atoms with Gasteiger partial charge in [0.05, 0.1) is 17.7 Å². The van der Waals surface area contributed by atoms with Gasteiger partial charge in [0.1, 0.15) is 9.80 Å². The van der Waals surface area contributed by atoms with Gasteiger partial charge in [0, 0.05) is 19.7 Å². The summed E-state index contributed by atoms with van der Waals surface area (Å²) in [4.78, 5) is 20.3. The zero-order chi connectivity index (χ0) is 20.4. The Morgan fingerprint density at radius 3 is 2.86 bits per heavy atom. The predicted molar refractivity (Wildman–Crippen MR) is 124 cm³/mol. The summed E-state index contributed by atoms with van der Waals surface area (Å²) in [5.41, 5.74) is 0.771. The average Bonchev–Trinajstić information content (AvgIpc) is 3.06. The standard InChI is InChI=1S/C20H21IN5O2P/c1-13(27)28-15-8-6-7-14(11-15)26-20-17(18(21)24-26)19(22-12-23-20)25-29(2)16-9-4-3-5-10-16/h3-5,9-10,12,14-15H,2,6-8,11H2,1H3. The molecular formula is C20H21IN5O2P. The van der Waals surface area contributed by atoms with Gasteiger partial charge in [-0.25, -0.2) is 9.67 Å². The number of rotatable bonds is 5. The van der Waals surface area contributed by atoms with Crippen LogP contribution in [0.1, 0.15) is 38.6 Å². The number of halogens is 1. The van der Waals surface area contributed by atoms with Crippen LogP contribution >= 0.6 is 30.3 Å². The van der Waals surface area contributed by atoms with Gasteiger partial charge in [-0.3, -0.25) is 9.88 Å². The second-order valence-electron chi connectivity index (χ2n) is 7.02. The number of hydrogen-bond donors (Lipinski definition) is 0. The monoisotopic (exact) mass is 521 g/mol. The third-order valence-electron chi connectivity index (χ3n) is 4.97. The van der Waals surface area contributed by atoms with Gasteiger partial charge in [-0.15, -0.1) is 0 Å². The van der Waals surface area contributed by atoms with Gasteiger partial charge in [0.15, 0.2) is 18.6 Å². The average molecular weight is 521 g/mol. The van der Waals surface area contributed by atoms with Gasteiger partial charge in [-0.05, 0) is 59.8 Å². The van der Waals surface area contributed by atoms with E-state index < -0.39 is 7.70 Å². The Kier molecular flexibility index (Phi) is 6.10. The highest BCUT2D eigenvalue weighted by Gasteiger charge is 2.28. The molecule has 0 spiro atoms. The molecule has 4 rings (SSSR count). The van der Waals surface area contributed by atoms with E-state index in [1.165, 1.54) is 13.3 Å². The van der Waals surface area contributed by atoms with Crippen molar-refractivity contribution in [3.8, 4) is 0 Å². The van der Waals surface area contributed by atoms with Gasteiger partial charge < -0.3 is 9.72 Å². The quantitative estimate of drug-likeness (QED) is 0.278. The first-order valence-electron chi connectivity index (χ1n) is 9.46. The number of esters is 1. The molecule has 1 fully saturated rings. The molecule has 1 saturated carbocycles. The maximum absolute atomic E-state index is 11.4. The van der Waals surface area contributed by atoms with E-state index in [0.29, 0.717) is 5.82 Å². The number of ether oxygens (including phenoxy) is 1. The summed E-state index contributed by atoms with van der Waals surface area (Å²) >= 11 is 2.22. The Labute approximate surface area is 183 Å². The first kappa shape index (κ1) is 20.2. The lowest BCUT2D eigenvalue weighted by molar-refractivity contribution is -0.148. The van der Waals surface area contributed by atoms with Crippen molar-refractivity contribution in [2.75, 3.05) is 0 Å². The Bertz CT molecular complexity index is 1060. The number of benzene rings is 1. The molecule has 2 heterocycles. The number of nitrogens with zero attached hydrogens (tertiary/aromatic N) is 5. The molecule has 9 heteroatoms. The van der Waals surface area contributed by atoms with Crippen LogP contribution in [0.4, 0.5) is 5.82 Å². The van der Waals surface area contributed by atoms with Crippen LogP contribution in [0.15, 0.2) is 36.7 Å². The van der Waals surface area contributed by atoms with Crippen LogP contribution in [0.2, 0.25) is 0 Å². The first-order chi connectivity index (χ1) is 14.0. The SMILES string of the molecule is C=[P+]([N-]c1ncnc2c1c(I)nn2C1CCCC(OC(C)=O)C1)c1ccccc1. The molecule has 0 radical (unpaired) electrons. The number of hydrogen-bond acceptors (Lipinski definition) is 5. The Balaban J connectivity index is 1.64. The minimum Gasteiger partial charge on any atom is -0.462 e. The Morgan fingerprint density at radius 1 is 1.31 bits per heavy atom. The predicted octanol–water partition coefficient (Wildman–Crippen LogP) is 4.64. The van der Waals surface area contributed by atoms with E-state index in [9.17, 15) is 4.79 Å². The van der Waals surface area contributed by atoms with E-state index in [-0.39, 0.29) is 18.1 Å². The summed E-state index contributed by atoms with van der Waals surface area (Å²) in [6, 6.07) is 10.2. The van der Waals surface area contributed by atoms with Crippen LogP contribution in [-0.4, -0.2) is 38.1 Å². The molecule has 0 saturated heterocycles. The zero-order valence-corrected chi connectivity index (χ0v) is 19.1. The number of aromatic nitrogens is 4. The fraction of sp³-hybridized carbons (Fsp3) is 0.350. The molecule has 3 unspecified atom stereocenters. The van der Waals surface area contributed by atoms with Crippen LogP contribution < -0.4 is 5.30 Å².